The topological polar surface area (TPSA) is 95.0 Å². The van der Waals surface area contributed by atoms with E-state index >= 15 is 0 Å². The second-order valence-corrected chi connectivity index (χ2v) is 13.1. The number of nitriles is 1. The molecular weight excluding hydrogens is 642 g/mol. The van der Waals surface area contributed by atoms with Crippen molar-refractivity contribution >= 4 is 21.5 Å². The molecule has 8 nitrogen and oxygen atoms in total. The first kappa shape index (κ1) is 32.5. The summed E-state index contributed by atoms with van der Waals surface area (Å²) in [7, 11) is 0. The van der Waals surface area contributed by atoms with Crippen molar-refractivity contribution in [2.24, 2.45) is 0 Å². The van der Waals surface area contributed by atoms with Crippen LogP contribution in [0.25, 0.3) is 21.5 Å². The minimum Gasteiger partial charge on any atom is -0.457 e. The number of epoxide rings is 2. The van der Waals surface area contributed by atoms with Gasteiger partial charge in [-0.1, -0.05) is 66.2 Å². The Kier molecular flexibility index (Phi) is 9.30. The van der Waals surface area contributed by atoms with Gasteiger partial charge in [-0.15, -0.1) is 5.26 Å². The Labute approximate surface area is 296 Å². The van der Waals surface area contributed by atoms with E-state index in [-0.39, 0.29) is 25.8 Å². The number of ether oxygens (including phenoxy) is 7. The molecule has 0 bridgehead atoms. The number of hydrogen-bond donors (Lipinski definition) is 0. The van der Waals surface area contributed by atoms with Crippen molar-refractivity contribution in [2.75, 3.05) is 26.8 Å². The van der Waals surface area contributed by atoms with Crippen molar-refractivity contribution in [1.29, 1.82) is 5.26 Å². The molecule has 6 aromatic carbocycles. The van der Waals surface area contributed by atoms with Gasteiger partial charge in [-0.3, -0.25) is 0 Å². The normalized spacial score (nSPS) is 16.0. The number of nitrogens with zero attached hydrogens (tertiary/aromatic N) is 1. The van der Waals surface area contributed by atoms with Crippen LogP contribution >= 0.6 is 0 Å². The highest BCUT2D eigenvalue weighted by Crippen LogP contribution is 2.31. The van der Waals surface area contributed by atoms with E-state index in [1.165, 1.54) is 22.1 Å². The molecule has 8 heteroatoms. The van der Waals surface area contributed by atoms with E-state index in [2.05, 4.69) is 61.5 Å². The third-order valence-corrected chi connectivity index (χ3v) is 9.15. The van der Waals surface area contributed by atoms with Crippen molar-refractivity contribution in [2.45, 2.75) is 38.4 Å². The van der Waals surface area contributed by atoms with E-state index in [4.69, 9.17) is 38.4 Å². The van der Waals surface area contributed by atoms with Gasteiger partial charge in [-0.25, -0.2) is 0 Å². The lowest BCUT2D eigenvalue weighted by Crippen LogP contribution is -2.09. The van der Waals surface area contributed by atoms with Crippen LogP contribution in [0.1, 0.15) is 27.8 Å². The zero-order valence-electron chi connectivity index (χ0n) is 28.3. The monoisotopic (exact) mass is 679 g/mol. The summed E-state index contributed by atoms with van der Waals surface area (Å²) >= 11 is 0. The smallest absolute Gasteiger partial charge is 0.292 e. The highest BCUT2D eigenvalue weighted by molar-refractivity contribution is 5.85. The number of benzene rings is 6. The molecule has 2 saturated heterocycles. The molecule has 51 heavy (non-hydrogen) atoms. The van der Waals surface area contributed by atoms with Gasteiger partial charge in [0.25, 0.3) is 6.26 Å². The summed E-state index contributed by atoms with van der Waals surface area (Å²) in [5.41, 5.74) is 5.78. The van der Waals surface area contributed by atoms with Crippen molar-refractivity contribution < 1.29 is 33.2 Å². The number of fused-ring (bicyclic) bond motifs is 2. The summed E-state index contributed by atoms with van der Waals surface area (Å²) in [6.07, 6.45) is 4.46. The van der Waals surface area contributed by atoms with Crippen LogP contribution in [0.2, 0.25) is 0 Å². The Morgan fingerprint density at radius 2 is 1.06 bits per heavy atom. The number of hydrogen-bond acceptors (Lipinski definition) is 8. The average Bonchev–Trinajstić information content (AvgIpc) is 4.08. The third kappa shape index (κ3) is 8.35. The van der Waals surface area contributed by atoms with Gasteiger partial charge in [0.05, 0.1) is 25.4 Å². The van der Waals surface area contributed by atoms with Crippen LogP contribution in [-0.2, 0) is 28.7 Å². The lowest BCUT2D eigenvalue weighted by atomic mass is 9.97. The van der Waals surface area contributed by atoms with Gasteiger partial charge in [-0.05, 0) is 106 Å². The van der Waals surface area contributed by atoms with Crippen LogP contribution in [0.3, 0.4) is 0 Å². The molecule has 0 spiro atoms. The first-order chi connectivity index (χ1) is 25.0. The SMILES string of the molecule is Cc1ccc2ccc(OCOc3ccc(Cc4ccc(OCOc5ccc6ccc(OC#N)cc6c5)c(CC5CO5)c4)cc3CC3CO3)cc2c1. The summed E-state index contributed by atoms with van der Waals surface area (Å²) in [4.78, 5) is 0. The quantitative estimate of drug-likeness (QED) is 0.0606. The highest BCUT2D eigenvalue weighted by atomic mass is 16.7. The van der Waals surface area contributed by atoms with Crippen LogP contribution in [0, 0.1) is 18.4 Å². The fourth-order valence-corrected chi connectivity index (χ4v) is 6.35. The van der Waals surface area contributed by atoms with E-state index < -0.39 is 0 Å². The van der Waals surface area contributed by atoms with Gasteiger partial charge in [0.15, 0.2) is 0 Å². The standard InChI is InChI=1S/C43H37NO7/c1-28-2-5-31-7-10-38(18-33(31)14-28)48-26-50-42-12-3-29(16-35(42)21-40-23-45-40)15-30-4-13-43(36(17-30)22-41-24-46-41)51-27-49-39-11-8-32-6-9-37(47-25-44)19-34(32)20-39/h2-14,16-20,40-41H,15,21-24,26-27H2,1H3. The summed E-state index contributed by atoms with van der Waals surface area (Å²) < 4.78 is 40.4. The van der Waals surface area contributed by atoms with Gasteiger partial charge in [0.2, 0.25) is 13.6 Å². The van der Waals surface area contributed by atoms with Crippen LogP contribution in [0.15, 0.2) is 109 Å². The molecule has 0 saturated carbocycles. The predicted molar refractivity (Wildman–Crippen MR) is 194 cm³/mol. The molecule has 0 aromatic heterocycles. The lowest BCUT2D eigenvalue weighted by Gasteiger charge is -2.15. The molecular formula is C43H37NO7. The van der Waals surface area contributed by atoms with Crippen molar-refractivity contribution in [3.05, 3.63) is 137 Å². The molecule has 8 rings (SSSR count). The molecule has 0 N–H and O–H groups in total. The van der Waals surface area contributed by atoms with E-state index in [1.807, 2.05) is 48.5 Å². The maximum atomic E-state index is 8.84. The van der Waals surface area contributed by atoms with Crippen LogP contribution in [0.5, 0.6) is 28.7 Å². The molecule has 2 fully saturated rings. The molecule has 0 aliphatic carbocycles. The highest BCUT2D eigenvalue weighted by Gasteiger charge is 2.26. The number of rotatable bonds is 15. The zero-order valence-corrected chi connectivity index (χ0v) is 28.3. The largest absolute Gasteiger partial charge is 0.457 e. The van der Waals surface area contributed by atoms with Gasteiger partial charge < -0.3 is 33.2 Å². The van der Waals surface area contributed by atoms with Crippen LogP contribution in [-0.4, -0.2) is 39.0 Å². The van der Waals surface area contributed by atoms with E-state index in [0.29, 0.717) is 11.5 Å². The Hall–Kier alpha value is -5.75. The van der Waals surface area contributed by atoms with E-state index in [1.54, 1.807) is 12.3 Å². The van der Waals surface area contributed by atoms with Crippen molar-refractivity contribution in [3.63, 3.8) is 0 Å². The van der Waals surface area contributed by atoms with Crippen LogP contribution < -0.4 is 23.7 Å². The average molecular weight is 680 g/mol. The Morgan fingerprint density at radius 3 is 1.59 bits per heavy atom. The van der Waals surface area contributed by atoms with Gasteiger partial charge >= 0.3 is 0 Å². The molecule has 0 radical (unpaired) electrons. The second-order valence-electron chi connectivity index (χ2n) is 13.1. The molecule has 6 aromatic rings. The first-order valence-electron chi connectivity index (χ1n) is 17.1. The maximum Gasteiger partial charge on any atom is 0.292 e. The predicted octanol–water partition coefficient (Wildman–Crippen LogP) is 8.47. The van der Waals surface area contributed by atoms with E-state index in [9.17, 15) is 0 Å². The fraction of sp³-hybridized carbons (Fsp3) is 0.233. The van der Waals surface area contributed by atoms with Crippen molar-refractivity contribution in [3.8, 4) is 35.0 Å². The van der Waals surface area contributed by atoms with Gasteiger partial charge in [0, 0.05) is 12.8 Å². The first-order valence-corrected chi connectivity index (χ1v) is 17.1. The second kappa shape index (κ2) is 14.6. The minimum atomic E-state index is 0.0517. The molecule has 2 aliphatic rings. The van der Waals surface area contributed by atoms with E-state index in [0.717, 1.165) is 77.0 Å². The third-order valence-electron chi connectivity index (χ3n) is 9.15. The molecule has 0 amide bonds. The van der Waals surface area contributed by atoms with Crippen molar-refractivity contribution in [1.82, 2.24) is 0 Å². The molecule has 2 heterocycles. The molecule has 256 valence electrons. The summed E-state index contributed by atoms with van der Waals surface area (Å²) in [5, 5.41) is 13.1. The van der Waals surface area contributed by atoms with Crippen LogP contribution in [0.4, 0.5) is 0 Å². The van der Waals surface area contributed by atoms with Gasteiger partial charge in [-0.2, -0.15) is 0 Å². The summed E-state index contributed by atoms with van der Waals surface area (Å²) in [6, 6.07) is 36.5. The molecule has 2 atom stereocenters. The Bertz CT molecular complexity index is 2240. The zero-order chi connectivity index (χ0) is 34.6. The lowest BCUT2D eigenvalue weighted by molar-refractivity contribution is 0.118. The summed E-state index contributed by atoms with van der Waals surface area (Å²) in [6.45, 7) is 3.79. The van der Waals surface area contributed by atoms with Gasteiger partial charge in [0.1, 0.15) is 28.7 Å². The Morgan fingerprint density at radius 1 is 0.569 bits per heavy atom. The number of aryl methyl sites for hydroxylation is 1. The maximum absolute atomic E-state index is 8.84. The fourth-order valence-electron chi connectivity index (χ4n) is 6.35. The summed E-state index contributed by atoms with van der Waals surface area (Å²) in [5.74, 6) is 3.51. The minimum absolute atomic E-state index is 0.0517. The molecule has 2 unspecified atom stereocenters. The Balaban J connectivity index is 0.921. The molecule has 2 aliphatic heterocycles.